The zero-order valence-electron chi connectivity index (χ0n) is 12.5. The summed E-state index contributed by atoms with van der Waals surface area (Å²) in [5.41, 5.74) is 0.738. The molecule has 0 saturated heterocycles. The summed E-state index contributed by atoms with van der Waals surface area (Å²) in [6.07, 6.45) is -4.64. The standard InChI is InChI=1S/C15H12F3IN2O3S/c16-15(17,18)9-20-25(23,24)13-7-5-12(6-8-13)21-14(22)10-1-3-11(19)4-2-10/h1-8,20H,9H2,(H,21,22). The van der Waals surface area contributed by atoms with Gasteiger partial charge in [0.15, 0.2) is 0 Å². The van der Waals surface area contributed by atoms with E-state index in [4.69, 9.17) is 0 Å². The first-order valence-corrected chi connectivity index (χ1v) is 9.36. The van der Waals surface area contributed by atoms with Crippen LogP contribution in [0.4, 0.5) is 18.9 Å². The predicted molar refractivity (Wildman–Crippen MR) is 94.8 cm³/mol. The van der Waals surface area contributed by atoms with Gasteiger partial charge in [-0.15, -0.1) is 0 Å². The van der Waals surface area contributed by atoms with Crippen LogP contribution in [0.2, 0.25) is 0 Å². The van der Waals surface area contributed by atoms with Crippen LogP contribution in [0.25, 0.3) is 0 Å². The summed E-state index contributed by atoms with van der Waals surface area (Å²) >= 11 is 2.10. The van der Waals surface area contributed by atoms with E-state index in [1.165, 1.54) is 16.9 Å². The lowest BCUT2D eigenvalue weighted by Crippen LogP contribution is -2.33. The van der Waals surface area contributed by atoms with Crippen LogP contribution in [-0.4, -0.2) is 27.0 Å². The Kier molecular flexibility index (Phi) is 6.06. The van der Waals surface area contributed by atoms with Crippen molar-refractivity contribution in [2.75, 3.05) is 11.9 Å². The van der Waals surface area contributed by atoms with Gasteiger partial charge in [0.05, 0.1) is 4.90 Å². The molecule has 0 aromatic heterocycles. The van der Waals surface area contributed by atoms with E-state index in [1.807, 2.05) is 0 Å². The van der Waals surface area contributed by atoms with Gasteiger partial charge in [-0.2, -0.15) is 13.2 Å². The Morgan fingerprint density at radius 2 is 1.56 bits per heavy atom. The highest BCUT2D eigenvalue weighted by atomic mass is 127. The van der Waals surface area contributed by atoms with E-state index in [0.29, 0.717) is 11.3 Å². The fraction of sp³-hybridized carbons (Fsp3) is 0.133. The van der Waals surface area contributed by atoms with Crippen LogP contribution >= 0.6 is 22.6 Å². The van der Waals surface area contributed by atoms with E-state index in [9.17, 15) is 26.4 Å². The number of alkyl halides is 3. The molecule has 0 fully saturated rings. The Bertz CT molecular complexity index is 851. The van der Waals surface area contributed by atoms with E-state index in [1.54, 1.807) is 24.3 Å². The van der Waals surface area contributed by atoms with E-state index in [2.05, 4.69) is 27.9 Å². The van der Waals surface area contributed by atoms with Crippen LogP contribution in [0.15, 0.2) is 53.4 Å². The van der Waals surface area contributed by atoms with Crippen molar-refractivity contribution in [2.24, 2.45) is 0 Å². The van der Waals surface area contributed by atoms with Gasteiger partial charge in [0.25, 0.3) is 5.91 Å². The third kappa shape index (κ3) is 5.97. The van der Waals surface area contributed by atoms with Crippen molar-refractivity contribution < 1.29 is 26.4 Å². The third-order valence-corrected chi connectivity index (χ3v) is 5.13. The molecule has 2 N–H and O–H groups in total. The molecule has 134 valence electrons. The first kappa shape index (κ1) is 19.7. The van der Waals surface area contributed by atoms with Gasteiger partial charge < -0.3 is 5.32 Å². The highest BCUT2D eigenvalue weighted by Gasteiger charge is 2.30. The number of benzene rings is 2. The van der Waals surface area contributed by atoms with E-state index in [0.717, 1.165) is 15.7 Å². The largest absolute Gasteiger partial charge is 0.402 e. The molecule has 0 saturated carbocycles. The molecule has 2 rings (SSSR count). The van der Waals surface area contributed by atoms with Crippen LogP contribution in [-0.2, 0) is 10.0 Å². The summed E-state index contributed by atoms with van der Waals surface area (Å²) in [6.45, 7) is -1.65. The monoisotopic (exact) mass is 484 g/mol. The van der Waals surface area contributed by atoms with Crippen molar-refractivity contribution in [3.8, 4) is 0 Å². The number of hydrogen-bond acceptors (Lipinski definition) is 3. The Morgan fingerprint density at radius 1 is 1.00 bits per heavy atom. The first-order chi connectivity index (χ1) is 11.6. The molecule has 0 aliphatic rings. The van der Waals surface area contributed by atoms with Gasteiger partial charge in [0.1, 0.15) is 6.54 Å². The quantitative estimate of drug-likeness (QED) is 0.640. The molecule has 2 aromatic rings. The summed E-state index contributed by atoms with van der Waals surface area (Å²) in [6, 6.07) is 11.6. The van der Waals surface area contributed by atoms with Crippen LogP contribution in [0, 0.1) is 3.57 Å². The van der Waals surface area contributed by atoms with Crippen LogP contribution in [0.3, 0.4) is 0 Å². The number of hydrogen-bond donors (Lipinski definition) is 2. The molecule has 0 radical (unpaired) electrons. The number of anilines is 1. The third-order valence-electron chi connectivity index (χ3n) is 2.99. The molecule has 10 heteroatoms. The SMILES string of the molecule is O=C(Nc1ccc(S(=O)(=O)NCC(F)(F)F)cc1)c1ccc(I)cc1. The molecule has 0 atom stereocenters. The summed E-state index contributed by atoms with van der Waals surface area (Å²) < 4.78 is 62.3. The van der Waals surface area contributed by atoms with Crippen molar-refractivity contribution in [3.63, 3.8) is 0 Å². The molecular formula is C15H12F3IN2O3S. The minimum Gasteiger partial charge on any atom is -0.322 e. The average Bonchev–Trinajstić information content (AvgIpc) is 2.53. The summed E-state index contributed by atoms with van der Waals surface area (Å²) in [4.78, 5) is 11.7. The van der Waals surface area contributed by atoms with Gasteiger partial charge in [-0.1, -0.05) is 0 Å². The molecular weight excluding hydrogens is 472 g/mol. The number of carbonyl (C=O) groups excluding carboxylic acids is 1. The molecule has 0 unspecified atom stereocenters. The average molecular weight is 484 g/mol. The molecule has 0 bridgehead atoms. The lowest BCUT2D eigenvalue weighted by molar-refractivity contribution is -0.121. The Morgan fingerprint density at radius 3 is 2.08 bits per heavy atom. The molecule has 5 nitrogen and oxygen atoms in total. The van der Waals surface area contributed by atoms with Crippen LogP contribution in [0.5, 0.6) is 0 Å². The van der Waals surface area contributed by atoms with E-state index >= 15 is 0 Å². The number of carbonyl (C=O) groups is 1. The zero-order valence-corrected chi connectivity index (χ0v) is 15.4. The second-order valence-corrected chi connectivity index (χ2v) is 7.94. The number of rotatable bonds is 5. The Labute approximate surface area is 155 Å². The van der Waals surface area contributed by atoms with Gasteiger partial charge in [-0.25, -0.2) is 13.1 Å². The maximum absolute atomic E-state index is 12.1. The molecule has 0 spiro atoms. The predicted octanol–water partition coefficient (Wildman–Crippen LogP) is 3.38. The highest BCUT2D eigenvalue weighted by Crippen LogP contribution is 2.18. The van der Waals surface area contributed by atoms with Gasteiger partial charge in [-0.3, -0.25) is 4.79 Å². The molecule has 25 heavy (non-hydrogen) atoms. The molecule has 0 heterocycles. The minimum atomic E-state index is -4.64. The number of halogens is 4. The highest BCUT2D eigenvalue weighted by molar-refractivity contribution is 14.1. The van der Waals surface area contributed by atoms with Gasteiger partial charge in [-0.05, 0) is 71.1 Å². The lowest BCUT2D eigenvalue weighted by atomic mass is 10.2. The minimum absolute atomic E-state index is 0.318. The maximum atomic E-state index is 12.1. The van der Waals surface area contributed by atoms with Crippen LogP contribution < -0.4 is 10.0 Å². The topological polar surface area (TPSA) is 75.3 Å². The van der Waals surface area contributed by atoms with Crippen molar-refractivity contribution >= 4 is 44.2 Å². The van der Waals surface area contributed by atoms with Crippen molar-refractivity contribution in [1.29, 1.82) is 0 Å². The fourth-order valence-corrected chi connectivity index (χ4v) is 3.16. The maximum Gasteiger partial charge on any atom is 0.402 e. The van der Waals surface area contributed by atoms with Crippen molar-refractivity contribution in [2.45, 2.75) is 11.1 Å². The summed E-state index contributed by atoms with van der Waals surface area (Å²) in [5.74, 6) is -0.387. The fourth-order valence-electron chi connectivity index (χ4n) is 1.78. The lowest BCUT2D eigenvalue weighted by Gasteiger charge is -2.10. The smallest absolute Gasteiger partial charge is 0.322 e. The first-order valence-electron chi connectivity index (χ1n) is 6.80. The van der Waals surface area contributed by atoms with E-state index < -0.39 is 22.7 Å². The summed E-state index contributed by atoms with van der Waals surface area (Å²) in [7, 11) is -4.28. The van der Waals surface area contributed by atoms with Crippen LogP contribution in [0.1, 0.15) is 10.4 Å². The molecule has 0 aliphatic carbocycles. The van der Waals surface area contributed by atoms with Gasteiger partial charge >= 0.3 is 6.18 Å². The number of sulfonamides is 1. The second-order valence-electron chi connectivity index (χ2n) is 4.93. The van der Waals surface area contributed by atoms with Gasteiger partial charge in [0, 0.05) is 14.8 Å². The molecule has 2 aromatic carbocycles. The number of nitrogens with one attached hydrogen (secondary N) is 2. The Hall–Kier alpha value is -1.66. The molecule has 1 amide bonds. The Balaban J connectivity index is 2.06. The van der Waals surface area contributed by atoms with E-state index in [-0.39, 0.29) is 10.8 Å². The van der Waals surface area contributed by atoms with Crippen molar-refractivity contribution in [1.82, 2.24) is 4.72 Å². The van der Waals surface area contributed by atoms with Gasteiger partial charge in [0.2, 0.25) is 10.0 Å². The normalized spacial score (nSPS) is 12.0. The molecule has 0 aliphatic heterocycles. The van der Waals surface area contributed by atoms with Crippen molar-refractivity contribution in [3.05, 3.63) is 57.7 Å². The number of amides is 1. The second kappa shape index (κ2) is 7.70. The zero-order chi connectivity index (χ0) is 18.7. The summed E-state index contributed by atoms with van der Waals surface area (Å²) in [5, 5.41) is 2.58.